The second-order valence-corrected chi connectivity index (χ2v) is 8.15. The van der Waals surface area contributed by atoms with E-state index in [0.29, 0.717) is 24.0 Å². The van der Waals surface area contributed by atoms with Gasteiger partial charge in [0.25, 0.3) is 10.0 Å². The SMILES string of the molecule is CCCN(CC1CC1)S(=O)(=O)c1c(Cl)nc2sccn12. The molecule has 0 saturated heterocycles. The Kier molecular flexibility index (Phi) is 3.79. The summed E-state index contributed by atoms with van der Waals surface area (Å²) in [6.45, 7) is 3.09. The second kappa shape index (κ2) is 5.29. The Hall–Kier alpha value is -0.630. The number of rotatable bonds is 6. The standard InChI is InChI=1S/C12H16ClN3O2S2/c1-2-5-15(8-9-3-4-9)20(17,18)11-10(13)14-12-16(11)6-7-19-12/h6-7,9H,2-5,8H2,1H3. The summed E-state index contributed by atoms with van der Waals surface area (Å²) in [4.78, 5) is 4.73. The summed E-state index contributed by atoms with van der Waals surface area (Å²) in [7, 11) is -3.59. The molecule has 0 amide bonds. The fourth-order valence-corrected chi connectivity index (χ4v) is 5.25. The number of hydrogen-bond donors (Lipinski definition) is 0. The Morgan fingerprint density at radius 2 is 2.30 bits per heavy atom. The van der Waals surface area contributed by atoms with Crippen LogP contribution in [0.25, 0.3) is 4.96 Å². The Labute approximate surface area is 127 Å². The number of nitrogens with zero attached hydrogens (tertiary/aromatic N) is 3. The molecule has 2 aromatic rings. The Balaban J connectivity index is 2.03. The highest BCUT2D eigenvalue weighted by Gasteiger charge is 2.35. The number of thiazole rings is 1. The van der Waals surface area contributed by atoms with E-state index in [1.165, 1.54) is 11.3 Å². The molecule has 5 nitrogen and oxygen atoms in total. The minimum Gasteiger partial charge on any atom is -0.279 e. The van der Waals surface area contributed by atoms with E-state index in [1.54, 1.807) is 14.9 Å². The van der Waals surface area contributed by atoms with E-state index in [0.717, 1.165) is 19.3 Å². The zero-order chi connectivity index (χ0) is 14.3. The quantitative estimate of drug-likeness (QED) is 0.816. The maximum Gasteiger partial charge on any atom is 0.262 e. The largest absolute Gasteiger partial charge is 0.279 e. The minimum atomic E-state index is -3.59. The van der Waals surface area contributed by atoms with Crippen molar-refractivity contribution in [1.82, 2.24) is 13.7 Å². The molecule has 20 heavy (non-hydrogen) atoms. The molecule has 2 aromatic heterocycles. The van der Waals surface area contributed by atoms with Gasteiger partial charge in [0, 0.05) is 24.7 Å². The normalized spacial score (nSPS) is 16.4. The van der Waals surface area contributed by atoms with Crippen LogP contribution in [0.4, 0.5) is 0 Å². The Bertz CT molecular complexity index is 718. The number of aromatic nitrogens is 2. The lowest BCUT2D eigenvalue weighted by atomic mass is 10.4. The molecule has 2 heterocycles. The lowest BCUT2D eigenvalue weighted by Gasteiger charge is -2.21. The van der Waals surface area contributed by atoms with E-state index in [2.05, 4.69) is 4.98 Å². The van der Waals surface area contributed by atoms with Gasteiger partial charge in [0.2, 0.25) is 0 Å². The summed E-state index contributed by atoms with van der Waals surface area (Å²) in [6.07, 6.45) is 4.72. The molecule has 0 atom stereocenters. The first-order valence-corrected chi connectivity index (χ1v) is 9.35. The molecular weight excluding hydrogens is 318 g/mol. The van der Waals surface area contributed by atoms with Gasteiger partial charge in [-0.1, -0.05) is 18.5 Å². The fraction of sp³-hybridized carbons (Fsp3) is 0.583. The zero-order valence-electron chi connectivity index (χ0n) is 11.1. The molecule has 0 radical (unpaired) electrons. The van der Waals surface area contributed by atoms with Crippen LogP contribution < -0.4 is 0 Å². The molecule has 0 spiro atoms. The van der Waals surface area contributed by atoms with Crippen molar-refractivity contribution in [2.75, 3.05) is 13.1 Å². The molecule has 8 heteroatoms. The molecule has 0 aliphatic heterocycles. The van der Waals surface area contributed by atoms with E-state index >= 15 is 0 Å². The third kappa shape index (κ3) is 2.47. The average Bonchev–Trinajstić information content (AvgIpc) is 2.99. The average molecular weight is 334 g/mol. The van der Waals surface area contributed by atoms with Crippen molar-refractivity contribution in [1.29, 1.82) is 0 Å². The van der Waals surface area contributed by atoms with Crippen LogP contribution in [0.1, 0.15) is 26.2 Å². The summed E-state index contributed by atoms with van der Waals surface area (Å²) < 4.78 is 28.9. The van der Waals surface area contributed by atoms with Gasteiger partial charge in [-0.15, -0.1) is 11.3 Å². The van der Waals surface area contributed by atoms with Crippen molar-refractivity contribution >= 4 is 37.9 Å². The number of fused-ring (bicyclic) bond motifs is 1. The monoisotopic (exact) mass is 333 g/mol. The van der Waals surface area contributed by atoms with E-state index in [9.17, 15) is 8.42 Å². The van der Waals surface area contributed by atoms with Gasteiger partial charge >= 0.3 is 0 Å². The molecule has 0 aromatic carbocycles. The molecule has 1 aliphatic carbocycles. The highest BCUT2D eigenvalue weighted by molar-refractivity contribution is 7.89. The van der Waals surface area contributed by atoms with Crippen LogP contribution in [-0.4, -0.2) is 35.2 Å². The first-order valence-electron chi connectivity index (χ1n) is 6.65. The van der Waals surface area contributed by atoms with E-state index in [4.69, 9.17) is 11.6 Å². The topological polar surface area (TPSA) is 54.7 Å². The fourth-order valence-electron chi connectivity index (χ4n) is 2.24. The summed E-state index contributed by atoms with van der Waals surface area (Å²) in [6, 6.07) is 0. The molecule has 0 N–H and O–H groups in total. The van der Waals surface area contributed by atoms with Crippen LogP contribution in [0.15, 0.2) is 16.6 Å². The number of sulfonamides is 1. The molecular formula is C12H16ClN3O2S2. The highest BCUT2D eigenvalue weighted by atomic mass is 35.5. The molecule has 3 rings (SSSR count). The predicted octanol–water partition coefficient (Wildman–Crippen LogP) is 2.86. The Morgan fingerprint density at radius 3 is 2.95 bits per heavy atom. The highest BCUT2D eigenvalue weighted by Crippen LogP contribution is 2.33. The van der Waals surface area contributed by atoms with Crippen molar-refractivity contribution in [3.63, 3.8) is 0 Å². The van der Waals surface area contributed by atoms with Gasteiger partial charge in [-0.2, -0.15) is 4.31 Å². The first-order chi connectivity index (χ1) is 9.54. The summed E-state index contributed by atoms with van der Waals surface area (Å²) in [5, 5.41) is 1.97. The Morgan fingerprint density at radius 1 is 1.55 bits per heavy atom. The molecule has 1 saturated carbocycles. The molecule has 0 bridgehead atoms. The number of halogens is 1. The predicted molar refractivity (Wildman–Crippen MR) is 79.9 cm³/mol. The van der Waals surface area contributed by atoms with Gasteiger partial charge in [0.1, 0.15) is 0 Å². The van der Waals surface area contributed by atoms with Gasteiger partial charge in [-0.3, -0.25) is 4.40 Å². The van der Waals surface area contributed by atoms with Crippen LogP contribution in [0.2, 0.25) is 5.15 Å². The van der Waals surface area contributed by atoms with Crippen LogP contribution in [0.3, 0.4) is 0 Å². The van der Waals surface area contributed by atoms with Gasteiger partial charge in [0.15, 0.2) is 15.1 Å². The van der Waals surface area contributed by atoms with Gasteiger partial charge in [0.05, 0.1) is 0 Å². The second-order valence-electron chi connectivity index (χ2n) is 5.07. The molecule has 0 unspecified atom stereocenters. The minimum absolute atomic E-state index is 0.0637. The van der Waals surface area contributed by atoms with Gasteiger partial charge < -0.3 is 0 Å². The maximum absolute atomic E-state index is 12.9. The lowest BCUT2D eigenvalue weighted by Crippen LogP contribution is -2.34. The number of imidazole rings is 1. The van der Waals surface area contributed by atoms with Crippen molar-refractivity contribution in [3.05, 3.63) is 16.7 Å². The van der Waals surface area contributed by atoms with Crippen LogP contribution >= 0.6 is 22.9 Å². The van der Waals surface area contributed by atoms with Crippen LogP contribution in [0.5, 0.6) is 0 Å². The van der Waals surface area contributed by atoms with E-state index < -0.39 is 10.0 Å². The van der Waals surface area contributed by atoms with Crippen molar-refractivity contribution in [2.24, 2.45) is 5.92 Å². The molecule has 1 aliphatic rings. The van der Waals surface area contributed by atoms with Crippen LogP contribution in [-0.2, 0) is 10.0 Å². The van der Waals surface area contributed by atoms with E-state index in [1.807, 2.05) is 12.3 Å². The van der Waals surface area contributed by atoms with Crippen molar-refractivity contribution in [3.8, 4) is 0 Å². The third-order valence-electron chi connectivity index (χ3n) is 3.39. The van der Waals surface area contributed by atoms with Crippen molar-refractivity contribution < 1.29 is 8.42 Å². The third-order valence-corrected chi connectivity index (χ3v) is 6.42. The van der Waals surface area contributed by atoms with Gasteiger partial charge in [-0.25, -0.2) is 13.4 Å². The maximum atomic E-state index is 12.9. The summed E-state index contributed by atoms with van der Waals surface area (Å²) in [5.41, 5.74) is 0. The molecule has 1 fully saturated rings. The van der Waals surface area contributed by atoms with E-state index in [-0.39, 0.29) is 10.2 Å². The lowest BCUT2D eigenvalue weighted by molar-refractivity contribution is 0.393. The van der Waals surface area contributed by atoms with Crippen molar-refractivity contribution in [2.45, 2.75) is 31.2 Å². The number of hydrogen-bond acceptors (Lipinski definition) is 4. The smallest absolute Gasteiger partial charge is 0.262 e. The van der Waals surface area contributed by atoms with Crippen LogP contribution in [0, 0.1) is 5.92 Å². The van der Waals surface area contributed by atoms with Gasteiger partial charge in [-0.05, 0) is 25.2 Å². The summed E-state index contributed by atoms with van der Waals surface area (Å²) in [5.74, 6) is 0.501. The zero-order valence-corrected chi connectivity index (χ0v) is 13.5. The first kappa shape index (κ1) is 14.3. The summed E-state index contributed by atoms with van der Waals surface area (Å²) >= 11 is 7.43. The molecule has 110 valence electrons.